The van der Waals surface area contributed by atoms with E-state index in [1.807, 2.05) is 18.2 Å². The van der Waals surface area contributed by atoms with Crippen molar-refractivity contribution in [2.75, 3.05) is 18.8 Å². The number of hydrogen-bond acceptors (Lipinski definition) is 4. The molecule has 3 unspecified atom stereocenters. The number of benzene rings is 1. The molecule has 0 bridgehead atoms. The predicted octanol–water partition coefficient (Wildman–Crippen LogP) is 1.96. The summed E-state index contributed by atoms with van der Waals surface area (Å²) in [5.41, 5.74) is 6.97. The molecule has 2 aliphatic heterocycles. The summed E-state index contributed by atoms with van der Waals surface area (Å²) in [5.74, 6) is 0.825. The van der Waals surface area contributed by atoms with E-state index in [0.29, 0.717) is 29.8 Å². The van der Waals surface area contributed by atoms with Gasteiger partial charge in [-0.1, -0.05) is 25.1 Å². The van der Waals surface area contributed by atoms with Gasteiger partial charge in [-0.25, -0.2) is 8.42 Å². The summed E-state index contributed by atoms with van der Waals surface area (Å²) in [6.07, 6.45) is 3.07. The minimum absolute atomic E-state index is 0.195. The minimum atomic E-state index is -3.11. The summed E-state index contributed by atoms with van der Waals surface area (Å²) in [5, 5.41) is 0. The Morgan fingerprint density at radius 2 is 2.05 bits per heavy atom. The van der Waals surface area contributed by atoms with Gasteiger partial charge in [0.25, 0.3) is 0 Å². The number of nitrogens with two attached hydrogens (primary N) is 1. The molecule has 2 N–H and O–H groups in total. The van der Waals surface area contributed by atoms with E-state index in [0.717, 1.165) is 12.1 Å². The van der Waals surface area contributed by atoms with Crippen LogP contribution in [0.4, 0.5) is 0 Å². The lowest BCUT2D eigenvalue weighted by Gasteiger charge is -2.45. The molecule has 21 heavy (non-hydrogen) atoms. The maximum atomic E-state index is 12.3. The number of likely N-dealkylation sites (tertiary alicyclic amines) is 1. The molecule has 2 aliphatic rings. The van der Waals surface area contributed by atoms with Crippen LogP contribution in [-0.2, 0) is 9.84 Å². The minimum Gasteiger partial charge on any atom is -0.329 e. The van der Waals surface area contributed by atoms with Gasteiger partial charge in [-0.2, -0.15) is 0 Å². The standard InChI is InChI=1S/C16H24N2O2S/c1-12-5-4-9-18(15(12)11-17)14-8-10-21(19,20)16-7-3-2-6-13(14)16/h2-3,6-7,12,14-15H,4-5,8-11,17H2,1H3. The van der Waals surface area contributed by atoms with Crippen LogP contribution in [0.25, 0.3) is 0 Å². The van der Waals surface area contributed by atoms with Crippen molar-refractivity contribution < 1.29 is 8.42 Å². The highest BCUT2D eigenvalue weighted by Gasteiger charge is 2.38. The normalized spacial score (nSPS) is 32.6. The molecule has 1 fully saturated rings. The van der Waals surface area contributed by atoms with Crippen molar-refractivity contribution in [2.24, 2.45) is 11.7 Å². The van der Waals surface area contributed by atoms with Crippen molar-refractivity contribution in [3.63, 3.8) is 0 Å². The van der Waals surface area contributed by atoms with Gasteiger partial charge < -0.3 is 5.73 Å². The van der Waals surface area contributed by atoms with Crippen molar-refractivity contribution in [3.8, 4) is 0 Å². The fourth-order valence-corrected chi connectivity index (χ4v) is 5.55. The van der Waals surface area contributed by atoms with E-state index >= 15 is 0 Å². The Balaban J connectivity index is 2.00. The zero-order valence-corrected chi connectivity index (χ0v) is 13.3. The van der Waals surface area contributed by atoms with Crippen LogP contribution in [0.5, 0.6) is 0 Å². The SMILES string of the molecule is CC1CCCN(C2CCS(=O)(=O)c3ccccc32)C1CN. The molecule has 3 rings (SSSR count). The number of hydrogen-bond donors (Lipinski definition) is 1. The van der Waals surface area contributed by atoms with Gasteiger partial charge in [-0.15, -0.1) is 0 Å². The van der Waals surface area contributed by atoms with E-state index in [1.54, 1.807) is 6.07 Å². The smallest absolute Gasteiger partial charge is 0.178 e. The zero-order chi connectivity index (χ0) is 15.0. The van der Waals surface area contributed by atoms with E-state index in [-0.39, 0.29) is 11.8 Å². The first kappa shape index (κ1) is 15.0. The van der Waals surface area contributed by atoms with Gasteiger partial charge in [0.1, 0.15) is 0 Å². The third-order valence-electron chi connectivity index (χ3n) is 5.07. The van der Waals surface area contributed by atoms with Crippen LogP contribution < -0.4 is 5.73 Å². The molecule has 0 radical (unpaired) electrons. The highest BCUT2D eigenvalue weighted by molar-refractivity contribution is 7.91. The Morgan fingerprint density at radius 3 is 2.81 bits per heavy atom. The third kappa shape index (κ3) is 2.62. The first-order valence-electron chi connectivity index (χ1n) is 7.82. The lowest BCUT2D eigenvalue weighted by atomic mass is 9.87. The second-order valence-electron chi connectivity index (χ2n) is 6.32. The summed E-state index contributed by atoms with van der Waals surface area (Å²) < 4.78 is 24.5. The average Bonchev–Trinajstić information content (AvgIpc) is 2.47. The highest BCUT2D eigenvalue weighted by Crippen LogP contribution is 2.39. The molecule has 5 heteroatoms. The number of nitrogens with zero attached hydrogens (tertiary/aromatic N) is 1. The van der Waals surface area contributed by atoms with E-state index in [9.17, 15) is 8.42 Å². The van der Waals surface area contributed by atoms with Crippen LogP contribution in [0.1, 0.15) is 37.8 Å². The molecule has 0 saturated carbocycles. The average molecular weight is 308 g/mol. The van der Waals surface area contributed by atoms with E-state index in [1.165, 1.54) is 12.8 Å². The van der Waals surface area contributed by atoms with Crippen LogP contribution in [0.2, 0.25) is 0 Å². The van der Waals surface area contributed by atoms with Gasteiger partial charge in [0.05, 0.1) is 10.6 Å². The molecule has 0 aliphatic carbocycles. The van der Waals surface area contributed by atoms with Crippen molar-refractivity contribution in [3.05, 3.63) is 29.8 Å². The first-order chi connectivity index (χ1) is 10.0. The Labute approximate surface area is 127 Å². The predicted molar refractivity (Wildman–Crippen MR) is 83.8 cm³/mol. The summed E-state index contributed by atoms with van der Waals surface area (Å²) in [7, 11) is -3.11. The Bertz CT molecular complexity index is 614. The molecule has 1 aromatic rings. The van der Waals surface area contributed by atoms with Gasteiger partial charge in [0.15, 0.2) is 9.84 Å². The van der Waals surface area contributed by atoms with Gasteiger partial charge >= 0.3 is 0 Å². The molecule has 116 valence electrons. The highest BCUT2D eigenvalue weighted by atomic mass is 32.2. The van der Waals surface area contributed by atoms with Crippen LogP contribution in [-0.4, -0.2) is 38.2 Å². The number of rotatable bonds is 2. The zero-order valence-electron chi connectivity index (χ0n) is 12.5. The van der Waals surface area contributed by atoms with Gasteiger partial charge in [0.2, 0.25) is 0 Å². The van der Waals surface area contributed by atoms with Crippen LogP contribution in [0.3, 0.4) is 0 Å². The molecule has 4 nitrogen and oxygen atoms in total. The molecule has 2 heterocycles. The fourth-order valence-electron chi connectivity index (χ4n) is 3.95. The third-order valence-corrected chi connectivity index (χ3v) is 6.89. The molecular formula is C16H24N2O2S. The number of piperidine rings is 1. The molecule has 0 aromatic heterocycles. The molecular weight excluding hydrogens is 284 g/mol. The van der Waals surface area contributed by atoms with Crippen LogP contribution >= 0.6 is 0 Å². The van der Waals surface area contributed by atoms with E-state index in [4.69, 9.17) is 5.73 Å². The Hall–Kier alpha value is -0.910. The van der Waals surface area contributed by atoms with Gasteiger partial charge in [-0.3, -0.25) is 4.90 Å². The quantitative estimate of drug-likeness (QED) is 0.907. The van der Waals surface area contributed by atoms with E-state index < -0.39 is 9.84 Å². The van der Waals surface area contributed by atoms with Crippen LogP contribution in [0.15, 0.2) is 29.2 Å². The van der Waals surface area contributed by atoms with Crippen LogP contribution in [0, 0.1) is 5.92 Å². The first-order valence-corrected chi connectivity index (χ1v) is 9.47. The molecule has 0 spiro atoms. The van der Waals surface area contributed by atoms with Gasteiger partial charge in [0, 0.05) is 18.6 Å². The topological polar surface area (TPSA) is 63.4 Å². The lowest BCUT2D eigenvalue weighted by Crippen LogP contribution is -2.51. The summed E-state index contributed by atoms with van der Waals surface area (Å²) in [6.45, 7) is 3.92. The Kier molecular flexibility index (Phi) is 4.08. The molecule has 3 atom stereocenters. The van der Waals surface area contributed by atoms with Gasteiger partial charge in [-0.05, 0) is 43.4 Å². The Morgan fingerprint density at radius 1 is 1.29 bits per heavy atom. The van der Waals surface area contributed by atoms with Crippen molar-refractivity contribution in [1.29, 1.82) is 0 Å². The second-order valence-corrected chi connectivity index (χ2v) is 8.40. The van der Waals surface area contributed by atoms with Crippen molar-refractivity contribution in [1.82, 2.24) is 4.90 Å². The lowest BCUT2D eigenvalue weighted by molar-refractivity contribution is 0.0577. The second kappa shape index (κ2) is 5.71. The monoisotopic (exact) mass is 308 g/mol. The largest absolute Gasteiger partial charge is 0.329 e. The maximum Gasteiger partial charge on any atom is 0.178 e. The summed E-state index contributed by atoms with van der Waals surface area (Å²) in [6, 6.07) is 8.04. The van der Waals surface area contributed by atoms with Crippen molar-refractivity contribution >= 4 is 9.84 Å². The van der Waals surface area contributed by atoms with E-state index in [2.05, 4.69) is 11.8 Å². The van der Waals surface area contributed by atoms with Crippen molar-refractivity contribution in [2.45, 2.75) is 43.2 Å². The number of sulfone groups is 1. The maximum absolute atomic E-state index is 12.3. The number of fused-ring (bicyclic) bond motifs is 1. The molecule has 1 saturated heterocycles. The fraction of sp³-hybridized carbons (Fsp3) is 0.625. The molecule has 1 aromatic carbocycles. The summed E-state index contributed by atoms with van der Waals surface area (Å²) in [4.78, 5) is 2.98. The summed E-state index contributed by atoms with van der Waals surface area (Å²) >= 11 is 0. The molecule has 0 amide bonds.